The van der Waals surface area contributed by atoms with Crippen LogP contribution in [0.1, 0.15) is 11.3 Å². The van der Waals surface area contributed by atoms with Crippen molar-refractivity contribution in [3.63, 3.8) is 0 Å². The minimum absolute atomic E-state index is 0.300. The maximum atomic E-state index is 12.5. The zero-order chi connectivity index (χ0) is 17.1. The fraction of sp³-hybridized carbons (Fsp3) is 0. The van der Waals surface area contributed by atoms with Gasteiger partial charge in [-0.25, -0.2) is 4.63 Å². The molecule has 0 bridgehead atoms. The first-order valence-electron chi connectivity index (χ1n) is 7.64. The lowest BCUT2D eigenvalue weighted by Crippen LogP contribution is -2.09. The first kappa shape index (κ1) is 14.9. The molecule has 0 aliphatic rings. The predicted octanol–water partition coefficient (Wildman–Crippen LogP) is 3.89. The van der Waals surface area contributed by atoms with Gasteiger partial charge < -0.3 is 9.73 Å². The van der Waals surface area contributed by atoms with E-state index in [4.69, 9.17) is 9.05 Å². The summed E-state index contributed by atoms with van der Waals surface area (Å²) in [5, 5.41) is 10.4. The maximum absolute atomic E-state index is 12.5. The summed E-state index contributed by atoms with van der Waals surface area (Å²) >= 11 is 0. The Morgan fingerprint density at radius 2 is 1.84 bits per heavy atom. The van der Waals surface area contributed by atoms with Gasteiger partial charge in [0.05, 0.1) is 12.0 Å². The lowest BCUT2D eigenvalue weighted by molar-refractivity contribution is -0.111. The van der Waals surface area contributed by atoms with Crippen LogP contribution in [-0.2, 0) is 4.79 Å². The molecule has 0 radical (unpaired) electrons. The van der Waals surface area contributed by atoms with Crippen LogP contribution < -0.4 is 5.32 Å². The van der Waals surface area contributed by atoms with Gasteiger partial charge in [-0.2, -0.15) is 0 Å². The van der Waals surface area contributed by atoms with Crippen molar-refractivity contribution < 1.29 is 13.8 Å². The Hall–Kier alpha value is -3.67. The highest BCUT2D eigenvalue weighted by Crippen LogP contribution is 2.24. The quantitative estimate of drug-likeness (QED) is 0.574. The summed E-state index contributed by atoms with van der Waals surface area (Å²) in [4.78, 5) is 12.5. The van der Waals surface area contributed by atoms with E-state index < -0.39 is 0 Å². The van der Waals surface area contributed by atoms with Crippen LogP contribution in [0, 0.1) is 0 Å². The Balaban J connectivity index is 1.69. The Labute approximate surface area is 142 Å². The van der Waals surface area contributed by atoms with E-state index in [1.165, 1.54) is 6.08 Å². The lowest BCUT2D eigenvalue weighted by atomic mass is 10.0. The third kappa shape index (κ3) is 3.05. The van der Waals surface area contributed by atoms with Crippen LogP contribution in [0.2, 0.25) is 0 Å². The lowest BCUT2D eigenvalue weighted by Gasteiger charge is -2.06. The number of amides is 1. The van der Waals surface area contributed by atoms with Gasteiger partial charge in [0, 0.05) is 11.6 Å². The van der Waals surface area contributed by atoms with Gasteiger partial charge in [-0.05, 0) is 40.1 Å². The molecule has 2 aromatic carbocycles. The molecular weight excluding hydrogens is 318 g/mol. The average molecular weight is 331 g/mol. The number of aromatic nitrogens is 2. The Bertz CT molecular complexity index is 1030. The molecule has 0 fully saturated rings. The number of hydrogen-bond donors (Lipinski definition) is 1. The molecule has 0 spiro atoms. The van der Waals surface area contributed by atoms with Gasteiger partial charge in [0.1, 0.15) is 11.3 Å². The molecule has 2 heterocycles. The van der Waals surface area contributed by atoms with E-state index >= 15 is 0 Å². The molecule has 4 rings (SSSR count). The van der Waals surface area contributed by atoms with Crippen molar-refractivity contribution in [2.75, 3.05) is 5.32 Å². The Kier molecular flexibility index (Phi) is 3.84. The Morgan fingerprint density at radius 3 is 2.64 bits per heavy atom. The van der Waals surface area contributed by atoms with Crippen LogP contribution in [-0.4, -0.2) is 16.2 Å². The number of anilines is 1. The molecule has 0 atom stereocenters. The van der Waals surface area contributed by atoms with Crippen LogP contribution in [0.15, 0.2) is 82.0 Å². The number of nitrogens with one attached hydrogen (secondary N) is 1. The maximum Gasteiger partial charge on any atom is 0.249 e. The molecule has 1 N–H and O–H groups in total. The summed E-state index contributed by atoms with van der Waals surface area (Å²) < 4.78 is 10.2. The normalized spacial score (nSPS) is 11.6. The predicted molar refractivity (Wildman–Crippen MR) is 92.7 cm³/mol. The average Bonchev–Trinajstić information content (AvgIpc) is 3.32. The SMILES string of the molecule is O=C(C=C(c1ccccc1)c1ccco1)Nc1cccc2nonc12. The van der Waals surface area contributed by atoms with Crippen LogP contribution in [0.3, 0.4) is 0 Å². The highest BCUT2D eigenvalue weighted by atomic mass is 16.6. The number of rotatable bonds is 4. The van der Waals surface area contributed by atoms with Crippen LogP contribution in [0.4, 0.5) is 5.69 Å². The van der Waals surface area contributed by atoms with E-state index in [-0.39, 0.29) is 5.91 Å². The number of fused-ring (bicyclic) bond motifs is 1. The first-order valence-corrected chi connectivity index (χ1v) is 7.64. The molecule has 25 heavy (non-hydrogen) atoms. The van der Waals surface area contributed by atoms with Crippen molar-refractivity contribution in [2.24, 2.45) is 0 Å². The van der Waals surface area contributed by atoms with Gasteiger partial charge in [0.25, 0.3) is 0 Å². The van der Waals surface area contributed by atoms with Gasteiger partial charge in [-0.15, -0.1) is 0 Å². The molecule has 0 saturated carbocycles. The van der Waals surface area contributed by atoms with E-state index in [0.717, 1.165) is 5.56 Å². The van der Waals surface area contributed by atoms with Crippen molar-refractivity contribution in [3.8, 4) is 0 Å². The van der Waals surface area contributed by atoms with Crippen molar-refractivity contribution >= 4 is 28.2 Å². The smallest absolute Gasteiger partial charge is 0.249 e. The van der Waals surface area contributed by atoms with Crippen molar-refractivity contribution in [2.45, 2.75) is 0 Å². The largest absolute Gasteiger partial charge is 0.464 e. The summed E-state index contributed by atoms with van der Waals surface area (Å²) in [7, 11) is 0. The molecular formula is C19H13N3O3. The zero-order valence-electron chi connectivity index (χ0n) is 13.0. The monoisotopic (exact) mass is 331 g/mol. The van der Waals surface area contributed by atoms with E-state index in [9.17, 15) is 4.79 Å². The molecule has 122 valence electrons. The molecule has 0 saturated heterocycles. The standard InChI is InChI=1S/C19H13N3O3/c23-18(20-15-8-4-9-16-19(15)22-25-21-16)12-14(17-10-5-11-24-17)13-6-2-1-3-7-13/h1-12H,(H,20,23). The molecule has 4 aromatic rings. The number of nitrogens with zero attached hydrogens (tertiary/aromatic N) is 2. The topological polar surface area (TPSA) is 81.2 Å². The van der Waals surface area contributed by atoms with Gasteiger partial charge in [-0.1, -0.05) is 36.4 Å². The van der Waals surface area contributed by atoms with E-state index in [0.29, 0.717) is 28.1 Å². The Morgan fingerprint density at radius 1 is 0.960 bits per heavy atom. The second-order valence-corrected chi connectivity index (χ2v) is 5.33. The number of carbonyl (C=O) groups is 1. The molecule has 0 aliphatic carbocycles. The van der Waals surface area contributed by atoms with Gasteiger partial charge in [0.2, 0.25) is 5.91 Å². The third-order valence-corrected chi connectivity index (χ3v) is 3.69. The van der Waals surface area contributed by atoms with Crippen molar-refractivity contribution in [1.82, 2.24) is 10.3 Å². The van der Waals surface area contributed by atoms with Crippen LogP contribution in [0.5, 0.6) is 0 Å². The van der Waals surface area contributed by atoms with E-state index in [1.54, 1.807) is 30.5 Å². The summed E-state index contributed by atoms with van der Waals surface area (Å²) in [5.41, 5.74) is 3.19. The highest BCUT2D eigenvalue weighted by Gasteiger charge is 2.12. The van der Waals surface area contributed by atoms with Crippen LogP contribution >= 0.6 is 0 Å². The minimum Gasteiger partial charge on any atom is -0.464 e. The van der Waals surface area contributed by atoms with Gasteiger partial charge >= 0.3 is 0 Å². The second kappa shape index (κ2) is 6.45. The van der Waals surface area contributed by atoms with E-state index in [2.05, 4.69) is 15.6 Å². The third-order valence-electron chi connectivity index (χ3n) is 3.69. The molecule has 0 unspecified atom stereocenters. The van der Waals surface area contributed by atoms with Gasteiger partial charge in [0.15, 0.2) is 5.52 Å². The highest BCUT2D eigenvalue weighted by molar-refractivity contribution is 6.08. The number of carbonyl (C=O) groups excluding carboxylic acids is 1. The molecule has 6 nitrogen and oxygen atoms in total. The molecule has 2 aromatic heterocycles. The second-order valence-electron chi connectivity index (χ2n) is 5.33. The summed E-state index contributed by atoms with van der Waals surface area (Å²) in [6.07, 6.45) is 3.08. The first-order chi connectivity index (χ1) is 12.3. The summed E-state index contributed by atoms with van der Waals surface area (Å²) in [6, 6.07) is 18.5. The fourth-order valence-corrected chi connectivity index (χ4v) is 2.55. The number of hydrogen-bond acceptors (Lipinski definition) is 5. The number of furan rings is 1. The fourth-order valence-electron chi connectivity index (χ4n) is 2.55. The molecule has 6 heteroatoms. The van der Waals surface area contributed by atoms with Crippen molar-refractivity contribution in [1.29, 1.82) is 0 Å². The summed E-state index contributed by atoms with van der Waals surface area (Å²) in [6.45, 7) is 0. The zero-order valence-corrected chi connectivity index (χ0v) is 13.0. The van der Waals surface area contributed by atoms with Crippen molar-refractivity contribution in [3.05, 3.63) is 84.3 Å². The molecule has 0 aliphatic heterocycles. The minimum atomic E-state index is -0.300. The number of benzene rings is 2. The van der Waals surface area contributed by atoms with Crippen LogP contribution in [0.25, 0.3) is 16.6 Å². The summed E-state index contributed by atoms with van der Waals surface area (Å²) in [5.74, 6) is 0.313. The van der Waals surface area contributed by atoms with E-state index in [1.807, 2.05) is 36.4 Å². The van der Waals surface area contributed by atoms with Gasteiger partial charge in [-0.3, -0.25) is 4.79 Å². The molecule has 1 amide bonds.